The third kappa shape index (κ3) is 24.5. The molecule has 0 unspecified atom stereocenters. The van der Waals surface area contributed by atoms with E-state index in [1.165, 1.54) is 154 Å². The lowest BCUT2D eigenvalue weighted by atomic mass is 9.90. The Morgan fingerprint density at radius 3 is 0.966 bits per heavy atom. The fourth-order valence-electron chi connectivity index (χ4n) is 4.65. The van der Waals surface area contributed by atoms with Gasteiger partial charge in [0.2, 0.25) is 0 Å². The second-order valence-corrected chi connectivity index (χ2v) is 10.1. The summed E-state index contributed by atoms with van der Waals surface area (Å²) in [5, 5.41) is 0. The smallest absolute Gasteiger partial charge is 0.00978 e. The van der Waals surface area contributed by atoms with E-state index in [-0.39, 0.29) is 0 Å². The van der Waals surface area contributed by atoms with E-state index in [4.69, 9.17) is 0 Å². The summed E-state index contributed by atoms with van der Waals surface area (Å²) in [6.45, 7) is 4.61. The van der Waals surface area contributed by atoms with Crippen LogP contribution in [0, 0.1) is 5.92 Å². The van der Waals surface area contributed by atoms with E-state index in [2.05, 4.69) is 26.5 Å². The maximum absolute atomic E-state index is 4.45. The maximum atomic E-state index is 4.45. The zero-order valence-electron chi connectivity index (χ0n) is 20.7. The minimum Gasteiger partial charge on any atom is -0.179 e. The minimum absolute atomic E-state index is 0.991. The summed E-state index contributed by atoms with van der Waals surface area (Å²) >= 11 is 4.45. The van der Waals surface area contributed by atoms with Gasteiger partial charge in [-0.2, -0.15) is 12.6 Å². The first-order valence-corrected chi connectivity index (χ1v) is 14.6. The summed E-state index contributed by atoms with van der Waals surface area (Å²) < 4.78 is 0. The summed E-state index contributed by atoms with van der Waals surface area (Å²) in [5.74, 6) is 2.07. The molecule has 176 valence electrons. The van der Waals surface area contributed by atoms with Gasteiger partial charge < -0.3 is 0 Å². The largest absolute Gasteiger partial charge is 0.179 e. The second kappa shape index (κ2) is 26.4. The zero-order chi connectivity index (χ0) is 21.3. The topological polar surface area (TPSA) is 0 Å². The van der Waals surface area contributed by atoms with E-state index < -0.39 is 0 Å². The van der Waals surface area contributed by atoms with Crippen LogP contribution in [-0.4, -0.2) is 5.75 Å². The van der Waals surface area contributed by atoms with E-state index >= 15 is 0 Å². The molecule has 0 saturated heterocycles. The summed E-state index contributed by atoms with van der Waals surface area (Å²) in [6, 6.07) is 0. The first-order chi connectivity index (χ1) is 14.3. The van der Waals surface area contributed by atoms with Crippen LogP contribution in [-0.2, 0) is 0 Å². The van der Waals surface area contributed by atoms with Crippen LogP contribution in [0.15, 0.2) is 0 Å². The normalized spacial score (nSPS) is 11.6. The molecule has 0 nitrogen and oxygen atoms in total. The summed E-state index contributed by atoms with van der Waals surface area (Å²) in [4.78, 5) is 0. The van der Waals surface area contributed by atoms with Gasteiger partial charge in [-0.25, -0.2) is 0 Å². The average molecular weight is 427 g/mol. The second-order valence-electron chi connectivity index (χ2n) is 9.67. The molecule has 0 amide bonds. The van der Waals surface area contributed by atoms with Gasteiger partial charge in [0, 0.05) is 0 Å². The lowest BCUT2D eigenvalue weighted by molar-refractivity contribution is 0.377. The lowest BCUT2D eigenvalue weighted by Crippen LogP contribution is -2.02. The molecule has 0 aliphatic carbocycles. The van der Waals surface area contributed by atoms with Crippen molar-refractivity contribution in [2.75, 3.05) is 5.75 Å². The number of unbranched alkanes of at least 4 members (excludes halogenated alkanes) is 18. The van der Waals surface area contributed by atoms with Gasteiger partial charge in [-0.05, 0) is 24.5 Å². The lowest BCUT2D eigenvalue weighted by Gasteiger charge is -2.16. The molecule has 0 aromatic heterocycles. The maximum Gasteiger partial charge on any atom is -0.00978 e. The summed E-state index contributed by atoms with van der Waals surface area (Å²) in [6.07, 6.45) is 34.9. The van der Waals surface area contributed by atoms with Crippen LogP contribution in [0.3, 0.4) is 0 Å². The van der Waals surface area contributed by atoms with Gasteiger partial charge in [0.15, 0.2) is 0 Å². The number of hydrogen-bond acceptors (Lipinski definition) is 1. The van der Waals surface area contributed by atoms with Crippen LogP contribution in [0.1, 0.15) is 168 Å². The fourth-order valence-corrected chi connectivity index (χ4v) is 4.84. The molecule has 0 bridgehead atoms. The Morgan fingerprint density at radius 2 is 0.655 bits per heavy atom. The standard InChI is InChI=1S/C28H58S/c1-3-5-7-9-11-13-15-17-19-21-24-28(26-23-27-29)25-22-20-18-16-14-12-10-8-6-4-2/h28-29H,3-27H2,1-2H3. The highest BCUT2D eigenvalue weighted by molar-refractivity contribution is 7.80. The Kier molecular flexibility index (Phi) is 26.7. The molecule has 1 heteroatoms. The fraction of sp³-hybridized carbons (Fsp3) is 1.00. The average Bonchev–Trinajstić information content (AvgIpc) is 2.74. The molecule has 29 heavy (non-hydrogen) atoms. The van der Waals surface area contributed by atoms with Gasteiger partial charge in [0.05, 0.1) is 0 Å². The highest BCUT2D eigenvalue weighted by Crippen LogP contribution is 2.24. The molecule has 0 aromatic carbocycles. The van der Waals surface area contributed by atoms with Crippen molar-refractivity contribution in [3.05, 3.63) is 0 Å². The molecule has 0 aliphatic rings. The number of hydrogen-bond donors (Lipinski definition) is 1. The van der Waals surface area contributed by atoms with Crippen LogP contribution in [0.2, 0.25) is 0 Å². The van der Waals surface area contributed by atoms with Crippen molar-refractivity contribution in [2.45, 2.75) is 168 Å². The highest BCUT2D eigenvalue weighted by Gasteiger charge is 2.08. The van der Waals surface area contributed by atoms with Crippen molar-refractivity contribution in [3.8, 4) is 0 Å². The van der Waals surface area contributed by atoms with Crippen molar-refractivity contribution in [3.63, 3.8) is 0 Å². The SMILES string of the molecule is CCCCCCCCCCCCC(CCCS)CCCCCCCCCCCC. The van der Waals surface area contributed by atoms with E-state index in [1.807, 2.05) is 0 Å². The minimum atomic E-state index is 0.991. The molecule has 0 rings (SSSR count). The van der Waals surface area contributed by atoms with Gasteiger partial charge in [0.25, 0.3) is 0 Å². The first-order valence-electron chi connectivity index (χ1n) is 14.0. The van der Waals surface area contributed by atoms with E-state index in [9.17, 15) is 0 Å². The predicted molar refractivity (Wildman–Crippen MR) is 139 cm³/mol. The van der Waals surface area contributed by atoms with Crippen LogP contribution in [0.25, 0.3) is 0 Å². The van der Waals surface area contributed by atoms with Gasteiger partial charge in [0.1, 0.15) is 0 Å². The Labute approximate surface area is 192 Å². The van der Waals surface area contributed by atoms with Crippen LogP contribution < -0.4 is 0 Å². The Hall–Kier alpha value is 0.350. The molecule has 0 spiro atoms. The third-order valence-corrected chi connectivity index (χ3v) is 7.02. The molecular weight excluding hydrogens is 368 g/mol. The molecule has 0 atom stereocenters. The molecule has 0 saturated carbocycles. The Morgan fingerprint density at radius 1 is 0.379 bits per heavy atom. The highest BCUT2D eigenvalue weighted by atomic mass is 32.1. The number of rotatable bonds is 25. The first kappa shape index (κ1) is 29.4. The van der Waals surface area contributed by atoms with Crippen molar-refractivity contribution in [1.82, 2.24) is 0 Å². The molecule has 0 radical (unpaired) electrons. The predicted octanol–water partition coefficient (Wildman–Crippen LogP) is 10.9. The third-order valence-electron chi connectivity index (χ3n) is 6.70. The Bertz CT molecular complexity index is 251. The van der Waals surface area contributed by atoms with Crippen molar-refractivity contribution in [1.29, 1.82) is 0 Å². The molecule has 0 aliphatic heterocycles. The zero-order valence-corrected chi connectivity index (χ0v) is 21.6. The monoisotopic (exact) mass is 426 g/mol. The molecule has 0 heterocycles. The van der Waals surface area contributed by atoms with Gasteiger partial charge in [-0.15, -0.1) is 0 Å². The van der Waals surface area contributed by atoms with E-state index in [0.29, 0.717) is 0 Å². The molecule has 0 N–H and O–H groups in total. The number of thiol groups is 1. The van der Waals surface area contributed by atoms with Crippen LogP contribution in [0.4, 0.5) is 0 Å². The summed E-state index contributed by atoms with van der Waals surface area (Å²) in [7, 11) is 0. The summed E-state index contributed by atoms with van der Waals surface area (Å²) in [5.41, 5.74) is 0. The van der Waals surface area contributed by atoms with E-state index in [1.54, 1.807) is 0 Å². The van der Waals surface area contributed by atoms with Crippen molar-refractivity contribution < 1.29 is 0 Å². The van der Waals surface area contributed by atoms with Crippen molar-refractivity contribution in [2.24, 2.45) is 5.92 Å². The molecule has 0 fully saturated rings. The van der Waals surface area contributed by atoms with Crippen LogP contribution >= 0.6 is 12.6 Å². The molecular formula is C28H58S. The van der Waals surface area contributed by atoms with Crippen molar-refractivity contribution >= 4 is 12.6 Å². The van der Waals surface area contributed by atoms with Crippen LogP contribution in [0.5, 0.6) is 0 Å². The van der Waals surface area contributed by atoms with Gasteiger partial charge in [-0.1, -0.05) is 155 Å². The Balaban J connectivity index is 3.52. The quantitative estimate of drug-likeness (QED) is 0.109. The van der Waals surface area contributed by atoms with E-state index in [0.717, 1.165) is 11.7 Å². The molecule has 0 aromatic rings. The van der Waals surface area contributed by atoms with Gasteiger partial charge >= 0.3 is 0 Å². The van der Waals surface area contributed by atoms with Gasteiger partial charge in [-0.3, -0.25) is 0 Å².